The molecule has 1 atom stereocenters. The van der Waals surface area contributed by atoms with E-state index in [-0.39, 0.29) is 17.8 Å². The fourth-order valence-electron chi connectivity index (χ4n) is 5.05. The lowest BCUT2D eigenvalue weighted by atomic mass is 9.99. The van der Waals surface area contributed by atoms with E-state index in [4.69, 9.17) is 4.74 Å². The normalized spacial score (nSPS) is 14.9. The highest BCUT2D eigenvalue weighted by atomic mass is 19.1. The fourth-order valence-corrected chi connectivity index (χ4v) is 5.05. The van der Waals surface area contributed by atoms with Crippen molar-refractivity contribution in [2.24, 2.45) is 0 Å². The van der Waals surface area contributed by atoms with Crippen LogP contribution in [0.5, 0.6) is 5.75 Å². The van der Waals surface area contributed by atoms with Gasteiger partial charge in [0.15, 0.2) is 0 Å². The molecule has 1 amide bonds. The van der Waals surface area contributed by atoms with Crippen LogP contribution in [0.25, 0.3) is 11.1 Å². The number of rotatable bonds is 9. The summed E-state index contributed by atoms with van der Waals surface area (Å²) in [4.78, 5) is 19.1. The molecule has 5 nitrogen and oxygen atoms in total. The molecule has 1 fully saturated rings. The summed E-state index contributed by atoms with van der Waals surface area (Å²) in [6, 6.07) is 21.2. The molecule has 1 saturated heterocycles. The maximum Gasteiger partial charge on any atom is 0.253 e. The highest BCUT2D eigenvalue weighted by Crippen LogP contribution is 2.30. The number of anilines is 1. The van der Waals surface area contributed by atoms with Gasteiger partial charge in [0.2, 0.25) is 0 Å². The topological polar surface area (TPSA) is 36.0 Å². The lowest BCUT2D eigenvalue weighted by Gasteiger charge is -2.39. The first-order chi connectivity index (χ1) is 17.9. The minimum absolute atomic E-state index is 0.0139. The van der Waals surface area contributed by atoms with Gasteiger partial charge in [-0.3, -0.25) is 9.69 Å². The van der Waals surface area contributed by atoms with E-state index in [9.17, 15) is 4.79 Å². The molecule has 1 aliphatic rings. The Morgan fingerprint density at radius 2 is 1.59 bits per heavy atom. The molecule has 0 N–H and O–H groups in total. The first-order valence-electron chi connectivity index (χ1n) is 13.4. The average molecular weight is 504 g/mol. The van der Waals surface area contributed by atoms with Crippen LogP contribution in [-0.4, -0.2) is 61.6 Å². The van der Waals surface area contributed by atoms with Crippen molar-refractivity contribution in [1.82, 2.24) is 9.80 Å². The lowest BCUT2D eigenvalue weighted by Crippen LogP contribution is -2.47. The quantitative estimate of drug-likeness (QED) is 0.346. The molecule has 0 aliphatic carbocycles. The third-order valence-electron chi connectivity index (χ3n) is 7.32. The van der Waals surface area contributed by atoms with Crippen LogP contribution in [-0.2, 0) is 0 Å². The Kier molecular flexibility index (Phi) is 8.82. The summed E-state index contributed by atoms with van der Waals surface area (Å²) in [6.07, 6.45) is 0. The van der Waals surface area contributed by atoms with Crippen LogP contribution in [0.1, 0.15) is 49.7 Å². The highest BCUT2D eigenvalue weighted by molar-refractivity contribution is 5.94. The van der Waals surface area contributed by atoms with Crippen molar-refractivity contribution in [1.29, 1.82) is 0 Å². The van der Waals surface area contributed by atoms with E-state index in [0.717, 1.165) is 59.9 Å². The number of carbonyl (C=O) groups excluding carboxylic acids is 1. The van der Waals surface area contributed by atoms with E-state index in [1.165, 1.54) is 0 Å². The largest absolute Gasteiger partial charge is 0.494 e. The number of amides is 1. The summed E-state index contributed by atoms with van der Waals surface area (Å²) < 4.78 is 20.8. The van der Waals surface area contributed by atoms with Crippen molar-refractivity contribution in [3.63, 3.8) is 0 Å². The van der Waals surface area contributed by atoms with Gasteiger partial charge in [-0.15, -0.1) is 0 Å². The number of nitrogens with zero attached hydrogens (tertiary/aromatic N) is 3. The van der Waals surface area contributed by atoms with Gasteiger partial charge in [-0.2, -0.15) is 0 Å². The molecule has 3 aromatic carbocycles. The Hall–Kier alpha value is -3.38. The Bertz CT molecular complexity index is 1190. The number of hydrogen-bond acceptors (Lipinski definition) is 4. The summed E-state index contributed by atoms with van der Waals surface area (Å²) in [7, 11) is 0. The average Bonchev–Trinajstić information content (AvgIpc) is 2.94. The van der Waals surface area contributed by atoms with Crippen LogP contribution in [0.4, 0.5) is 10.1 Å². The van der Waals surface area contributed by atoms with Crippen molar-refractivity contribution in [3.8, 4) is 16.9 Å². The summed E-state index contributed by atoms with van der Waals surface area (Å²) in [5.74, 6) is 0.689. The van der Waals surface area contributed by atoms with Gasteiger partial charge in [0.25, 0.3) is 5.91 Å². The second kappa shape index (κ2) is 12.2. The lowest BCUT2D eigenvalue weighted by molar-refractivity contribution is 0.0773. The van der Waals surface area contributed by atoms with Crippen LogP contribution in [0, 0.1) is 5.82 Å². The van der Waals surface area contributed by atoms with E-state index in [1.54, 1.807) is 6.07 Å². The number of carbonyl (C=O) groups is 1. The van der Waals surface area contributed by atoms with Gasteiger partial charge in [-0.25, -0.2) is 4.39 Å². The molecule has 0 aromatic heterocycles. The molecular weight excluding hydrogens is 465 g/mol. The van der Waals surface area contributed by atoms with Crippen LogP contribution in [0.15, 0.2) is 66.7 Å². The standard InChI is InChI=1S/C31H38FN3O2/c1-5-33(6-2)31(36)24-11-14-27(15-12-24)35-19-17-34(18-20-35)23(4)29-16-13-26(22-30(29)32)25-9-8-10-28(21-25)37-7-3/h8-16,21-23H,5-7,17-20H2,1-4H3. The molecule has 4 rings (SSSR count). The van der Waals surface area contributed by atoms with Crippen LogP contribution in [0.2, 0.25) is 0 Å². The van der Waals surface area contributed by atoms with Crippen molar-refractivity contribution in [2.45, 2.75) is 33.7 Å². The molecule has 1 aliphatic heterocycles. The Balaban J connectivity index is 1.38. The Labute approximate surface area is 220 Å². The van der Waals surface area contributed by atoms with Gasteiger partial charge in [0.1, 0.15) is 11.6 Å². The molecular formula is C31H38FN3O2. The van der Waals surface area contributed by atoms with E-state index < -0.39 is 0 Å². The van der Waals surface area contributed by atoms with Gasteiger partial charge in [-0.05, 0) is 81.3 Å². The third kappa shape index (κ3) is 6.13. The summed E-state index contributed by atoms with van der Waals surface area (Å²) in [6.45, 7) is 13.5. The predicted molar refractivity (Wildman–Crippen MR) is 149 cm³/mol. The Morgan fingerprint density at radius 3 is 2.22 bits per heavy atom. The zero-order chi connectivity index (χ0) is 26.4. The minimum Gasteiger partial charge on any atom is -0.494 e. The number of ether oxygens (including phenoxy) is 1. The summed E-state index contributed by atoms with van der Waals surface area (Å²) in [5.41, 5.74) is 4.36. The van der Waals surface area contributed by atoms with Crippen LogP contribution >= 0.6 is 0 Å². The molecule has 6 heteroatoms. The fraction of sp³-hybridized carbons (Fsp3) is 0.387. The molecule has 0 radical (unpaired) electrons. The van der Waals surface area contributed by atoms with Crippen LogP contribution in [0.3, 0.4) is 0 Å². The predicted octanol–water partition coefficient (Wildman–Crippen LogP) is 6.26. The maximum atomic E-state index is 15.2. The second-order valence-corrected chi connectivity index (χ2v) is 9.42. The van der Waals surface area contributed by atoms with Crippen molar-refractivity contribution >= 4 is 11.6 Å². The van der Waals surface area contributed by atoms with Gasteiger partial charge in [0, 0.05) is 62.1 Å². The van der Waals surface area contributed by atoms with Crippen molar-refractivity contribution in [3.05, 3.63) is 83.7 Å². The summed E-state index contributed by atoms with van der Waals surface area (Å²) >= 11 is 0. The maximum absolute atomic E-state index is 15.2. The Morgan fingerprint density at radius 1 is 0.919 bits per heavy atom. The molecule has 37 heavy (non-hydrogen) atoms. The molecule has 1 unspecified atom stereocenters. The molecule has 196 valence electrons. The summed E-state index contributed by atoms with van der Waals surface area (Å²) in [5, 5.41) is 0. The third-order valence-corrected chi connectivity index (χ3v) is 7.32. The zero-order valence-electron chi connectivity index (χ0n) is 22.4. The van der Waals surface area contributed by atoms with Gasteiger partial charge < -0.3 is 14.5 Å². The first kappa shape index (κ1) is 26.7. The van der Waals surface area contributed by atoms with Gasteiger partial charge in [-0.1, -0.05) is 24.3 Å². The minimum atomic E-state index is -0.178. The van der Waals surface area contributed by atoms with Crippen LogP contribution < -0.4 is 9.64 Å². The van der Waals surface area contributed by atoms with Crippen molar-refractivity contribution in [2.75, 3.05) is 50.8 Å². The molecule has 0 saturated carbocycles. The van der Waals surface area contributed by atoms with Crippen molar-refractivity contribution < 1.29 is 13.9 Å². The van der Waals surface area contributed by atoms with E-state index in [1.807, 2.05) is 86.3 Å². The van der Waals surface area contributed by atoms with Gasteiger partial charge >= 0.3 is 0 Å². The number of benzene rings is 3. The van der Waals surface area contributed by atoms with E-state index >= 15 is 4.39 Å². The molecule has 0 spiro atoms. The van der Waals surface area contributed by atoms with E-state index in [2.05, 4.69) is 16.7 Å². The zero-order valence-corrected chi connectivity index (χ0v) is 22.4. The number of piperazine rings is 1. The smallest absolute Gasteiger partial charge is 0.253 e. The van der Waals surface area contributed by atoms with Gasteiger partial charge in [0.05, 0.1) is 6.61 Å². The monoisotopic (exact) mass is 503 g/mol. The molecule has 0 bridgehead atoms. The van der Waals surface area contributed by atoms with E-state index in [0.29, 0.717) is 19.7 Å². The highest BCUT2D eigenvalue weighted by Gasteiger charge is 2.24. The second-order valence-electron chi connectivity index (χ2n) is 9.42. The molecule has 3 aromatic rings. The number of hydrogen-bond donors (Lipinski definition) is 0. The SMILES string of the molecule is CCOc1cccc(-c2ccc(C(C)N3CCN(c4ccc(C(=O)N(CC)CC)cc4)CC3)c(F)c2)c1. The number of halogens is 1. The molecule has 1 heterocycles. The first-order valence-corrected chi connectivity index (χ1v) is 13.4.